The number of imidazole rings is 1. The van der Waals surface area contributed by atoms with Crippen molar-refractivity contribution in [3.63, 3.8) is 0 Å². The van der Waals surface area contributed by atoms with E-state index in [0.29, 0.717) is 25.2 Å². The van der Waals surface area contributed by atoms with E-state index in [-0.39, 0.29) is 18.6 Å². The lowest BCUT2D eigenvalue weighted by molar-refractivity contribution is -0.135. The van der Waals surface area contributed by atoms with Gasteiger partial charge in [-0.25, -0.2) is 15.0 Å². The number of nitrogens with two attached hydrogens (primary N) is 2. The number of hydrogen-bond acceptors (Lipinski definition) is 8. The van der Waals surface area contributed by atoms with Gasteiger partial charge in [-0.2, -0.15) is 0 Å². The van der Waals surface area contributed by atoms with Crippen molar-refractivity contribution in [2.24, 2.45) is 11.5 Å². The third-order valence-corrected chi connectivity index (χ3v) is 6.22. The molecule has 172 valence electrons. The van der Waals surface area contributed by atoms with Gasteiger partial charge in [0.1, 0.15) is 17.6 Å². The van der Waals surface area contributed by atoms with Crippen LogP contribution in [0.4, 0.5) is 5.82 Å². The number of benzene rings is 1. The van der Waals surface area contributed by atoms with E-state index in [2.05, 4.69) is 30.9 Å². The summed E-state index contributed by atoms with van der Waals surface area (Å²) in [7, 11) is 0. The summed E-state index contributed by atoms with van der Waals surface area (Å²) in [5, 5.41) is 0. The lowest BCUT2D eigenvalue weighted by Gasteiger charge is -2.33. The Kier molecular flexibility index (Phi) is 5.55. The van der Waals surface area contributed by atoms with Gasteiger partial charge in [-0.05, 0) is 24.5 Å². The summed E-state index contributed by atoms with van der Waals surface area (Å²) < 4.78 is 6.51. The number of primary amides is 1. The quantitative estimate of drug-likeness (QED) is 0.488. The maximum Gasteiger partial charge on any atom is 0.240 e. The Morgan fingerprint density at radius 2 is 2.12 bits per heavy atom. The van der Waals surface area contributed by atoms with Crippen molar-refractivity contribution in [2.75, 3.05) is 18.0 Å². The van der Waals surface area contributed by atoms with Gasteiger partial charge in [-0.1, -0.05) is 12.1 Å². The molecular weight excluding hydrogens is 424 g/mol. The Balaban J connectivity index is 1.38. The third-order valence-electron chi connectivity index (χ3n) is 6.22. The minimum Gasteiger partial charge on any atom is -0.470 e. The maximum absolute atomic E-state index is 12.8. The van der Waals surface area contributed by atoms with Gasteiger partial charge in [0.15, 0.2) is 17.7 Å². The zero-order chi connectivity index (χ0) is 22.9. The average molecular weight is 451 g/mol. The average Bonchev–Trinajstić information content (AvgIpc) is 3.47. The standard InChI is InChI=1S/C22H26N8O3/c23-15(9-17(24)31)22(32)29-8-6-13-3-1-4-16(14(13)10-29)33-18-5-2-7-30(18)21-19-20(26-11-25-19)27-12-28-21/h1,3-4,11-12,15,18H,2,5-10,23H2,(H2,24,31)(H,25,26,27,28). The van der Waals surface area contributed by atoms with Crippen molar-refractivity contribution in [3.05, 3.63) is 42.0 Å². The normalized spacial score (nSPS) is 18.9. The second-order valence-electron chi connectivity index (χ2n) is 8.39. The summed E-state index contributed by atoms with van der Waals surface area (Å²) in [6.07, 6.45) is 5.24. The molecule has 1 aromatic carbocycles. The number of carbonyl (C=O) groups is 2. The number of nitrogens with zero attached hydrogens (tertiary/aromatic N) is 5. The Morgan fingerprint density at radius 1 is 1.24 bits per heavy atom. The number of nitrogens with one attached hydrogen (secondary N) is 1. The zero-order valence-corrected chi connectivity index (χ0v) is 18.1. The van der Waals surface area contributed by atoms with Crippen LogP contribution < -0.4 is 21.1 Å². The molecule has 1 saturated heterocycles. The SMILES string of the molecule is NC(=O)CC(N)C(=O)N1CCc2cccc(OC3CCCN3c3ncnc4nc[nH]c34)c2C1. The molecule has 2 amide bonds. The van der Waals surface area contributed by atoms with Crippen LogP contribution in [0.15, 0.2) is 30.9 Å². The number of amides is 2. The molecule has 0 spiro atoms. The van der Waals surface area contributed by atoms with E-state index in [1.54, 1.807) is 11.2 Å². The van der Waals surface area contributed by atoms with E-state index in [1.807, 2.05) is 12.1 Å². The first kappa shape index (κ1) is 21.1. The second-order valence-corrected chi connectivity index (χ2v) is 8.39. The smallest absolute Gasteiger partial charge is 0.240 e. The second kappa shape index (κ2) is 8.66. The van der Waals surface area contributed by atoms with Gasteiger partial charge in [-0.3, -0.25) is 9.59 Å². The molecular formula is C22H26N8O3. The van der Waals surface area contributed by atoms with E-state index in [0.717, 1.165) is 47.6 Å². The first-order chi connectivity index (χ1) is 16.0. The van der Waals surface area contributed by atoms with Crippen LogP contribution in [0.1, 0.15) is 30.4 Å². The molecule has 2 atom stereocenters. The fraction of sp³-hybridized carbons (Fsp3) is 0.409. The van der Waals surface area contributed by atoms with Crippen LogP contribution in [0.3, 0.4) is 0 Å². The summed E-state index contributed by atoms with van der Waals surface area (Å²) in [5.41, 5.74) is 14.6. The number of aromatic amines is 1. The lowest BCUT2D eigenvalue weighted by Crippen LogP contribution is -2.47. The van der Waals surface area contributed by atoms with Crippen LogP contribution in [-0.2, 0) is 22.6 Å². The summed E-state index contributed by atoms with van der Waals surface area (Å²) in [5.74, 6) is 0.633. The van der Waals surface area contributed by atoms with Gasteiger partial charge in [-0.15, -0.1) is 0 Å². The molecule has 2 aliphatic rings. The molecule has 0 radical (unpaired) electrons. The summed E-state index contributed by atoms with van der Waals surface area (Å²) >= 11 is 0. The molecule has 2 aliphatic heterocycles. The highest BCUT2D eigenvalue weighted by atomic mass is 16.5. The zero-order valence-electron chi connectivity index (χ0n) is 18.1. The van der Waals surface area contributed by atoms with E-state index < -0.39 is 11.9 Å². The van der Waals surface area contributed by atoms with Crippen molar-refractivity contribution in [1.29, 1.82) is 0 Å². The number of anilines is 1. The predicted molar refractivity (Wildman–Crippen MR) is 120 cm³/mol. The van der Waals surface area contributed by atoms with Gasteiger partial charge in [0.2, 0.25) is 11.8 Å². The highest BCUT2D eigenvalue weighted by molar-refractivity contribution is 5.87. The van der Waals surface area contributed by atoms with Crippen LogP contribution in [0.2, 0.25) is 0 Å². The number of H-pyrrole nitrogens is 1. The molecule has 2 aromatic heterocycles. The Morgan fingerprint density at radius 3 is 2.97 bits per heavy atom. The molecule has 2 unspecified atom stereocenters. The number of hydrogen-bond donors (Lipinski definition) is 3. The van der Waals surface area contributed by atoms with Crippen LogP contribution in [0.25, 0.3) is 11.2 Å². The maximum atomic E-state index is 12.8. The van der Waals surface area contributed by atoms with Gasteiger partial charge in [0.25, 0.3) is 0 Å². The van der Waals surface area contributed by atoms with Crippen LogP contribution in [-0.4, -0.2) is 62.0 Å². The molecule has 1 fully saturated rings. The monoisotopic (exact) mass is 450 g/mol. The minimum atomic E-state index is -0.933. The minimum absolute atomic E-state index is 0.168. The summed E-state index contributed by atoms with van der Waals surface area (Å²) in [6.45, 7) is 1.72. The fourth-order valence-corrected chi connectivity index (χ4v) is 4.60. The molecule has 4 heterocycles. The summed E-state index contributed by atoms with van der Waals surface area (Å²) in [4.78, 5) is 43.8. The van der Waals surface area contributed by atoms with Crippen LogP contribution in [0.5, 0.6) is 5.75 Å². The first-order valence-corrected chi connectivity index (χ1v) is 11.0. The van der Waals surface area contributed by atoms with Crippen molar-refractivity contribution in [1.82, 2.24) is 24.8 Å². The lowest BCUT2D eigenvalue weighted by atomic mass is 9.98. The number of rotatable bonds is 6. The van der Waals surface area contributed by atoms with E-state index in [1.165, 1.54) is 6.33 Å². The molecule has 11 nitrogen and oxygen atoms in total. The Bertz CT molecular complexity index is 1200. The molecule has 3 aromatic rings. The molecule has 5 rings (SSSR count). The summed E-state index contributed by atoms with van der Waals surface area (Å²) in [6, 6.07) is 5.02. The van der Waals surface area contributed by atoms with E-state index >= 15 is 0 Å². The van der Waals surface area contributed by atoms with Crippen molar-refractivity contribution in [3.8, 4) is 5.75 Å². The molecule has 5 N–H and O–H groups in total. The Hall–Kier alpha value is -3.73. The number of carbonyl (C=O) groups excluding carboxylic acids is 2. The molecule has 11 heteroatoms. The first-order valence-electron chi connectivity index (χ1n) is 11.0. The van der Waals surface area contributed by atoms with Crippen molar-refractivity contribution < 1.29 is 14.3 Å². The molecule has 0 aliphatic carbocycles. The van der Waals surface area contributed by atoms with Crippen molar-refractivity contribution >= 4 is 28.8 Å². The molecule has 0 saturated carbocycles. The van der Waals surface area contributed by atoms with Crippen LogP contribution in [0, 0.1) is 0 Å². The van der Waals surface area contributed by atoms with Crippen LogP contribution >= 0.6 is 0 Å². The highest BCUT2D eigenvalue weighted by Gasteiger charge is 2.32. The van der Waals surface area contributed by atoms with Gasteiger partial charge >= 0.3 is 0 Å². The van der Waals surface area contributed by atoms with Crippen molar-refractivity contribution in [2.45, 2.75) is 44.5 Å². The largest absolute Gasteiger partial charge is 0.470 e. The highest BCUT2D eigenvalue weighted by Crippen LogP contribution is 2.33. The topological polar surface area (TPSA) is 156 Å². The third kappa shape index (κ3) is 4.07. The number of fused-ring (bicyclic) bond motifs is 2. The van der Waals surface area contributed by atoms with E-state index in [9.17, 15) is 9.59 Å². The molecule has 33 heavy (non-hydrogen) atoms. The number of ether oxygens (including phenoxy) is 1. The van der Waals surface area contributed by atoms with Gasteiger partial charge < -0.3 is 31.0 Å². The van der Waals surface area contributed by atoms with Gasteiger partial charge in [0.05, 0.1) is 18.8 Å². The van der Waals surface area contributed by atoms with Gasteiger partial charge in [0, 0.05) is 31.6 Å². The molecule has 0 bridgehead atoms. The Labute approximate surface area is 190 Å². The predicted octanol–water partition coefficient (Wildman–Crippen LogP) is 0.446. The fourth-order valence-electron chi connectivity index (χ4n) is 4.60. The number of aromatic nitrogens is 4. The van der Waals surface area contributed by atoms with E-state index in [4.69, 9.17) is 16.2 Å².